The van der Waals surface area contributed by atoms with Gasteiger partial charge >= 0.3 is 0 Å². The number of ether oxygens (including phenoxy) is 2. The molecular formula is C7H12O2. The van der Waals surface area contributed by atoms with Crippen LogP contribution in [0.1, 0.15) is 19.3 Å². The van der Waals surface area contributed by atoms with Crippen LogP contribution in [-0.2, 0) is 9.47 Å². The quantitative estimate of drug-likeness (QED) is 0.527. The fourth-order valence-electron chi connectivity index (χ4n) is 1.48. The van der Waals surface area contributed by atoms with Crippen LogP contribution in [0.4, 0.5) is 0 Å². The van der Waals surface area contributed by atoms with Gasteiger partial charge in [-0.2, -0.15) is 0 Å². The van der Waals surface area contributed by atoms with Crippen LogP contribution in [0.2, 0.25) is 0 Å². The average Bonchev–Trinajstić information content (AvgIpc) is 2.64. The van der Waals surface area contributed by atoms with Crippen LogP contribution in [0.5, 0.6) is 0 Å². The van der Waals surface area contributed by atoms with Crippen molar-refractivity contribution in [2.75, 3.05) is 7.11 Å². The molecule has 0 aromatic heterocycles. The van der Waals surface area contributed by atoms with Gasteiger partial charge in [0, 0.05) is 7.11 Å². The third-order valence-electron chi connectivity index (χ3n) is 2.22. The Balaban J connectivity index is 1.86. The van der Waals surface area contributed by atoms with Gasteiger partial charge in [0.15, 0.2) is 6.29 Å². The monoisotopic (exact) mass is 128 g/mol. The van der Waals surface area contributed by atoms with E-state index in [-0.39, 0.29) is 6.29 Å². The normalized spacial score (nSPS) is 48.3. The maximum absolute atomic E-state index is 5.49. The summed E-state index contributed by atoms with van der Waals surface area (Å²) < 4.78 is 10.6. The molecule has 0 amide bonds. The van der Waals surface area contributed by atoms with Gasteiger partial charge in [0.25, 0.3) is 0 Å². The highest BCUT2D eigenvalue weighted by Gasteiger charge is 2.43. The Morgan fingerprint density at radius 1 is 1.44 bits per heavy atom. The topological polar surface area (TPSA) is 18.5 Å². The Morgan fingerprint density at radius 3 is 3.00 bits per heavy atom. The number of methoxy groups -OCH3 is 1. The van der Waals surface area contributed by atoms with Crippen molar-refractivity contribution in [3.63, 3.8) is 0 Å². The van der Waals surface area contributed by atoms with Crippen molar-refractivity contribution in [2.45, 2.75) is 31.7 Å². The van der Waals surface area contributed by atoms with Gasteiger partial charge in [-0.05, 0) is 25.2 Å². The van der Waals surface area contributed by atoms with Gasteiger partial charge in [0.05, 0.1) is 6.10 Å². The van der Waals surface area contributed by atoms with Gasteiger partial charge in [0.1, 0.15) is 0 Å². The highest BCUT2D eigenvalue weighted by Crippen LogP contribution is 2.43. The first-order valence-electron chi connectivity index (χ1n) is 3.58. The predicted octanol–water partition coefficient (Wildman–Crippen LogP) is 1.16. The lowest BCUT2D eigenvalue weighted by Gasteiger charge is -2.19. The second-order valence-corrected chi connectivity index (χ2v) is 2.91. The van der Waals surface area contributed by atoms with E-state index >= 15 is 0 Å². The molecule has 2 heteroatoms. The fourth-order valence-corrected chi connectivity index (χ4v) is 1.48. The van der Waals surface area contributed by atoms with Crippen LogP contribution in [0, 0.1) is 5.92 Å². The standard InChI is InChI=1S/C7H12O2/c1-8-7-3-2-5-4-6(5)9-7/h5-7H,2-4H2,1H3/t5-,6?,7+/m0/s1. The summed E-state index contributed by atoms with van der Waals surface area (Å²) in [6.45, 7) is 0. The first kappa shape index (κ1) is 5.69. The van der Waals surface area contributed by atoms with Gasteiger partial charge < -0.3 is 9.47 Å². The molecule has 0 radical (unpaired) electrons. The highest BCUT2D eigenvalue weighted by molar-refractivity contribution is 4.90. The Labute approximate surface area is 55.1 Å². The van der Waals surface area contributed by atoms with Crippen LogP contribution < -0.4 is 0 Å². The molecule has 9 heavy (non-hydrogen) atoms. The Morgan fingerprint density at radius 2 is 2.33 bits per heavy atom. The summed E-state index contributed by atoms with van der Waals surface area (Å²) in [5, 5.41) is 0. The van der Waals surface area contributed by atoms with Crippen molar-refractivity contribution in [1.82, 2.24) is 0 Å². The van der Waals surface area contributed by atoms with Gasteiger partial charge in [-0.15, -0.1) is 0 Å². The first-order valence-corrected chi connectivity index (χ1v) is 3.58. The third kappa shape index (κ3) is 0.970. The van der Waals surface area contributed by atoms with Crippen molar-refractivity contribution in [3.8, 4) is 0 Å². The Bertz CT molecular complexity index is 113. The van der Waals surface area contributed by atoms with E-state index in [1.807, 2.05) is 0 Å². The van der Waals surface area contributed by atoms with Gasteiger partial charge in [-0.1, -0.05) is 0 Å². The summed E-state index contributed by atoms with van der Waals surface area (Å²) in [5.74, 6) is 0.886. The van der Waals surface area contributed by atoms with Gasteiger partial charge in [-0.25, -0.2) is 0 Å². The molecule has 0 spiro atoms. The largest absolute Gasteiger partial charge is 0.356 e. The molecule has 1 aliphatic heterocycles. The molecule has 1 saturated heterocycles. The SMILES string of the molecule is CO[C@H]1CC[C@H]2CC2O1. The summed E-state index contributed by atoms with van der Waals surface area (Å²) in [6.07, 6.45) is 4.35. The Hall–Kier alpha value is -0.0800. The van der Waals surface area contributed by atoms with E-state index < -0.39 is 0 Å². The van der Waals surface area contributed by atoms with Crippen molar-refractivity contribution >= 4 is 0 Å². The Kier molecular flexibility index (Phi) is 1.24. The lowest BCUT2D eigenvalue weighted by Crippen LogP contribution is -2.21. The molecule has 1 saturated carbocycles. The van der Waals surface area contributed by atoms with Crippen molar-refractivity contribution in [3.05, 3.63) is 0 Å². The molecule has 0 bridgehead atoms. The number of rotatable bonds is 1. The molecule has 3 atom stereocenters. The highest BCUT2D eigenvalue weighted by atomic mass is 16.7. The summed E-state index contributed by atoms with van der Waals surface area (Å²) in [4.78, 5) is 0. The van der Waals surface area contributed by atoms with Crippen LogP contribution in [0.3, 0.4) is 0 Å². The lowest BCUT2D eigenvalue weighted by molar-refractivity contribution is -0.153. The van der Waals surface area contributed by atoms with E-state index in [1.165, 1.54) is 12.8 Å². The molecule has 1 heterocycles. The minimum atomic E-state index is 0.105. The second-order valence-electron chi connectivity index (χ2n) is 2.91. The zero-order valence-corrected chi connectivity index (χ0v) is 5.67. The molecule has 0 aromatic carbocycles. The number of hydrogen-bond donors (Lipinski definition) is 0. The minimum Gasteiger partial charge on any atom is -0.356 e. The summed E-state index contributed by atoms with van der Waals surface area (Å²) in [7, 11) is 1.72. The van der Waals surface area contributed by atoms with Gasteiger partial charge in [-0.3, -0.25) is 0 Å². The van der Waals surface area contributed by atoms with E-state index in [0.717, 1.165) is 12.3 Å². The molecule has 2 aliphatic rings. The molecule has 1 unspecified atom stereocenters. The number of fused-ring (bicyclic) bond motifs is 1. The smallest absolute Gasteiger partial charge is 0.157 e. The van der Waals surface area contributed by atoms with E-state index in [2.05, 4.69) is 0 Å². The fraction of sp³-hybridized carbons (Fsp3) is 1.00. The summed E-state index contributed by atoms with van der Waals surface area (Å²) >= 11 is 0. The molecule has 0 aromatic rings. The average molecular weight is 128 g/mol. The zero-order valence-electron chi connectivity index (χ0n) is 5.67. The second kappa shape index (κ2) is 1.96. The molecular weight excluding hydrogens is 116 g/mol. The molecule has 0 N–H and O–H groups in total. The third-order valence-corrected chi connectivity index (χ3v) is 2.22. The molecule has 2 fully saturated rings. The lowest BCUT2D eigenvalue weighted by atomic mass is 10.2. The van der Waals surface area contributed by atoms with E-state index in [4.69, 9.17) is 9.47 Å². The van der Waals surface area contributed by atoms with Crippen molar-refractivity contribution < 1.29 is 9.47 Å². The van der Waals surface area contributed by atoms with Crippen molar-refractivity contribution in [2.24, 2.45) is 5.92 Å². The first-order chi connectivity index (χ1) is 4.40. The van der Waals surface area contributed by atoms with E-state index in [1.54, 1.807) is 7.11 Å². The minimum absolute atomic E-state index is 0.105. The molecule has 52 valence electrons. The van der Waals surface area contributed by atoms with Crippen molar-refractivity contribution in [1.29, 1.82) is 0 Å². The maximum Gasteiger partial charge on any atom is 0.157 e. The van der Waals surface area contributed by atoms with Crippen LogP contribution >= 0.6 is 0 Å². The number of hydrogen-bond acceptors (Lipinski definition) is 2. The molecule has 2 nitrogen and oxygen atoms in total. The summed E-state index contributed by atoms with van der Waals surface area (Å²) in [6, 6.07) is 0. The van der Waals surface area contributed by atoms with Crippen LogP contribution in [0.15, 0.2) is 0 Å². The molecule has 1 aliphatic carbocycles. The van der Waals surface area contributed by atoms with Crippen LogP contribution in [-0.4, -0.2) is 19.5 Å². The van der Waals surface area contributed by atoms with E-state index in [9.17, 15) is 0 Å². The van der Waals surface area contributed by atoms with Crippen LogP contribution in [0.25, 0.3) is 0 Å². The molecule has 2 rings (SSSR count). The zero-order chi connectivity index (χ0) is 6.27. The van der Waals surface area contributed by atoms with Gasteiger partial charge in [0.2, 0.25) is 0 Å². The summed E-state index contributed by atoms with van der Waals surface area (Å²) in [5.41, 5.74) is 0. The predicted molar refractivity (Wildman–Crippen MR) is 33.0 cm³/mol. The maximum atomic E-state index is 5.49. The van der Waals surface area contributed by atoms with E-state index in [0.29, 0.717) is 6.10 Å².